The van der Waals surface area contributed by atoms with Gasteiger partial charge in [-0.15, -0.1) is 10.3 Å². The van der Waals surface area contributed by atoms with Crippen molar-refractivity contribution in [1.82, 2.24) is 0 Å². The van der Waals surface area contributed by atoms with Crippen molar-refractivity contribution in [1.29, 1.82) is 0 Å². The molecule has 6 heteroatoms. The summed E-state index contributed by atoms with van der Waals surface area (Å²) in [5, 5.41) is 0. The van der Waals surface area contributed by atoms with Crippen molar-refractivity contribution >= 4 is 20.8 Å². The second-order valence-corrected chi connectivity index (χ2v) is 6.97. The van der Waals surface area contributed by atoms with Crippen LogP contribution in [0.2, 0.25) is 0 Å². The Bertz CT molecular complexity index is 178. The van der Waals surface area contributed by atoms with Gasteiger partial charge in [0.2, 0.25) is 0 Å². The summed E-state index contributed by atoms with van der Waals surface area (Å²) in [5.74, 6) is 0. The van der Waals surface area contributed by atoms with E-state index in [-0.39, 0.29) is 0 Å². The van der Waals surface area contributed by atoms with Crippen LogP contribution in [0.3, 0.4) is 0 Å². The van der Waals surface area contributed by atoms with Gasteiger partial charge in [0.15, 0.2) is 0 Å². The van der Waals surface area contributed by atoms with Crippen LogP contribution < -0.4 is 0 Å². The summed E-state index contributed by atoms with van der Waals surface area (Å²) in [6.07, 6.45) is 4.60. The quantitative estimate of drug-likeness (QED) is 0.585. The first kappa shape index (κ1) is 9.19. The lowest BCUT2D eigenvalue weighted by Crippen LogP contribution is -2.02. The summed E-state index contributed by atoms with van der Waals surface area (Å²) in [7, 11) is -6.49. The largest absolute Gasteiger partial charge is 0.446 e. The fraction of sp³-hybridized carbons (Fsp3) is 1.00. The Hall–Kier alpha value is 0.190. The molecule has 0 aromatic heterocycles. The average molecular weight is 176 g/mol. The van der Waals surface area contributed by atoms with E-state index in [4.69, 9.17) is 0 Å². The third kappa shape index (κ3) is 8.19. The van der Waals surface area contributed by atoms with Crippen molar-refractivity contribution in [2.24, 2.45) is 0 Å². The Labute approximate surface area is 56.1 Å². The van der Waals surface area contributed by atoms with Crippen LogP contribution in [0.4, 0.5) is 3.89 Å². The number of hydrogen-bond acceptors (Lipinski definition) is 3. The Morgan fingerprint density at radius 2 is 1.56 bits per heavy atom. The van der Waals surface area contributed by atoms with Crippen LogP contribution in [-0.4, -0.2) is 27.2 Å². The second-order valence-electron chi connectivity index (χ2n) is 2.19. The molecule has 58 valence electrons. The number of hydrogen-bond donors (Lipinski definition) is 0. The second kappa shape index (κ2) is 2.43. The van der Waals surface area contributed by atoms with E-state index >= 15 is 0 Å². The first-order chi connectivity index (χ1) is 3.71. The zero-order valence-corrected chi connectivity index (χ0v) is 7.05. The van der Waals surface area contributed by atoms with E-state index in [0.29, 0.717) is 0 Å². The summed E-state index contributed by atoms with van der Waals surface area (Å²) >= 11 is 0. The topological polar surface area (TPSA) is 43.4 Å². The van der Waals surface area contributed by atoms with E-state index in [2.05, 4.69) is 3.63 Å². The molecule has 0 N–H and O–H groups in total. The van der Waals surface area contributed by atoms with Crippen LogP contribution in [0, 0.1) is 0 Å². The van der Waals surface area contributed by atoms with Gasteiger partial charge in [-0.2, -0.15) is 12.0 Å². The van der Waals surface area contributed by atoms with Crippen molar-refractivity contribution in [3.63, 3.8) is 0 Å². The van der Waals surface area contributed by atoms with E-state index in [0.717, 1.165) is 0 Å². The molecular weight excluding hydrogens is 167 g/mol. The van der Waals surface area contributed by atoms with Crippen molar-refractivity contribution in [3.8, 4) is 0 Å². The molecule has 0 saturated carbocycles. The van der Waals surface area contributed by atoms with E-state index in [9.17, 15) is 12.3 Å². The molecule has 0 aliphatic rings. The lowest BCUT2D eigenvalue weighted by atomic mass is 11.9. The predicted molar refractivity (Wildman–Crippen MR) is 36.5 cm³/mol. The zero-order valence-electron chi connectivity index (χ0n) is 5.42. The normalized spacial score (nSPS) is 15.6. The molecule has 9 heavy (non-hydrogen) atoms. The molecule has 0 aliphatic heterocycles. The van der Waals surface area contributed by atoms with Crippen LogP contribution in [0.25, 0.3) is 0 Å². The minimum atomic E-state index is -4.74. The van der Waals surface area contributed by atoms with Crippen LogP contribution in [0.1, 0.15) is 0 Å². The molecule has 0 aromatic rings. The fourth-order valence-electron chi connectivity index (χ4n) is 0.244. The number of rotatable bonds is 2. The van der Waals surface area contributed by atoms with Crippen LogP contribution >= 0.6 is 10.3 Å². The maximum atomic E-state index is 11.7. The zero-order chi connectivity index (χ0) is 7.71. The molecule has 0 amide bonds. The maximum Gasteiger partial charge on any atom is 0.446 e. The van der Waals surface area contributed by atoms with Gasteiger partial charge < -0.3 is 0 Å². The predicted octanol–water partition coefficient (Wildman–Crippen LogP) is 0.826. The SMILES string of the molecule is CS(C)(C)OS(=O)(=O)F. The van der Waals surface area contributed by atoms with Gasteiger partial charge in [-0.1, -0.05) is 3.89 Å². The highest BCUT2D eigenvalue weighted by Crippen LogP contribution is 2.38. The van der Waals surface area contributed by atoms with Crippen molar-refractivity contribution in [2.75, 3.05) is 18.8 Å². The molecule has 0 heterocycles. The van der Waals surface area contributed by atoms with Gasteiger partial charge in [0, 0.05) is 0 Å². The monoisotopic (exact) mass is 176 g/mol. The third-order valence-electron chi connectivity index (χ3n) is 0.285. The smallest absolute Gasteiger partial charge is 0.195 e. The van der Waals surface area contributed by atoms with Crippen LogP contribution in [0.15, 0.2) is 0 Å². The highest BCUT2D eigenvalue weighted by atomic mass is 32.3. The van der Waals surface area contributed by atoms with Crippen molar-refractivity contribution in [3.05, 3.63) is 0 Å². The highest BCUT2D eigenvalue weighted by Gasteiger charge is 2.15. The summed E-state index contributed by atoms with van der Waals surface area (Å²) in [6, 6.07) is 0. The minimum absolute atomic E-state index is 1.53. The highest BCUT2D eigenvalue weighted by molar-refractivity contribution is 8.31. The summed E-state index contributed by atoms with van der Waals surface area (Å²) in [5.41, 5.74) is 0. The Kier molecular flexibility index (Phi) is 2.48. The van der Waals surface area contributed by atoms with Gasteiger partial charge >= 0.3 is 10.5 Å². The van der Waals surface area contributed by atoms with Crippen molar-refractivity contribution < 1.29 is 15.9 Å². The van der Waals surface area contributed by atoms with Crippen molar-refractivity contribution in [2.45, 2.75) is 0 Å². The van der Waals surface area contributed by atoms with E-state index < -0.39 is 20.8 Å². The maximum absolute atomic E-state index is 11.7. The van der Waals surface area contributed by atoms with Gasteiger partial charge in [-0.25, -0.2) is 0 Å². The standard InChI is InChI=1S/C3H9FO3S2/c1-8(2,3)7-9(4,5)6/h1-3H3. The van der Waals surface area contributed by atoms with Gasteiger partial charge in [-0.3, -0.25) is 0 Å². The molecule has 0 rings (SSSR count). The molecule has 0 spiro atoms. The first-order valence-corrected chi connectivity index (χ1v) is 6.14. The molecule has 0 aromatic carbocycles. The Morgan fingerprint density at radius 3 is 1.56 bits per heavy atom. The van der Waals surface area contributed by atoms with E-state index in [1.54, 1.807) is 0 Å². The molecule has 0 fully saturated rings. The molecule has 3 nitrogen and oxygen atoms in total. The lowest BCUT2D eigenvalue weighted by molar-refractivity contribution is 0.463. The van der Waals surface area contributed by atoms with Gasteiger partial charge in [0.25, 0.3) is 0 Å². The fourth-order valence-corrected chi connectivity index (χ4v) is 2.19. The molecule has 0 unspecified atom stereocenters. The summed E-state index contributed by atoms with van der Waals surface area (Å²) in [4.78, 5) is 0. The molecule has 0 radical (unpaired) electrons. The average Bonchev–Trinajstić information content (AvgIpc) is 1.14. The Morgan fingerprint density at radius 1 is 1.22 bits per heavy atom. The van der Waals surface area contributed by atoms with E-state index in [1.807, 2.05) is 0 Å². The minimum Gasteiger partial charge on any atom is -0.195 e. The lowest BCUT2D eigenvalue weighted by Gasteiger charge is -2.20. The van der Waals surface area contributed by atoms with Crippen LogP contribution in [0.5, 0.6) is 0 Å². The van der Waals surface area contributed by atoms with Gasteiger partial charge in [-0.05, 0) is 18.8 Å². The van der Waals surface area contributed by atoms with Gasteiger partial charge in [0.1, 0.15) is 0 Å². The molecule has 0 bridgehead atoms. The number of halogens is 1. The molecule has 0 atom stereocenters. The van der Waals surface area contributed by atoms with Crippen LogP contribution in [-0.2, 0) is 14.1 Å². The summed E-state index contributed by atoms with van der Waals surface area (Å²) in [6.45, 7) is 0. The van der Waals surface area contributed by atoms with Gasteiger partial charge in [0.05, 0.1) is 0 Å². The molecule has 0 aliphatic carbocycles. The third-order valence-corrected chi connectivity index (χ3v) is 2.57. The Balaban J connectivity index is 4.07. The molecule has 0 saturated heterocycles. The summed E-state index contributed by atoms with van der Waals surface area (Å²) < 4.78 is 35.2. The molecular formula is C3H9FO3S2. The van der Waals surface area contributed by atoms with E-state index in [1.165, 1.54) is 18.8 Å². The first-order valence-electron chi connectivity index (χ1n) is 2.05.